The number of alkyl halides is 3. The van der Waals surface area contributed by atoms with E-state index in [-0.39, 0.29) is 11.9 Å². The molecule has 10 heteroatoms. The average molecular weight is 470 g/mol. The Balaban J connectivity index is 1.41. The third kappa shape index (κ3) is 4.48. The van der Waals surface area contributed by atoms with E-state index < -0.39 is 16.6 Å². The smallest absolute Gasteiger partial charge is 0.324 e. The van der Waals surface area contributed by atoms with Crippen LogP contribution in [0.1, 0.15) is 18.4 Å². The highest BCUT2D eigenvalue weighted by Gasteiger charge is 2.49. The van der Waals surface area contributed by atoms with Crippen molar-refractivity contribution < 1.29 is 22.8 Å². The monoisotopic (exact) mass is 469 g/mol. The second kappa shape index (κ2) is 8.27. The van der Waals surface area contributed by atoms with E-state index in [1.54, 1.807) is 33.7 Å². The van der Waals surface area contributed by atoms with E-state index in [4.69, 9.17) is 11.6 Å². The number of nitrogens with zero attached hydrogens (tertiary/aromatic N) is 2. The first-order chi connectivity index (χ1) is 14.7. The second-order valence-corrected chi connectivity index (χ2v) is 9.21. The van der Waals surface area contributed by atoms with E-state index >= 15 is 0 Å². The summed E-state index contributed by atoms with van der Waals surface area (Å²) in [6.07, 6.45) is -3.24. The molecule has 4 rings (SSSR count). The lowest BCUT2D eigenvalue weighted by molar-refractivity contribution is -0.137. The summed E-state index contributed by atoms with van der Waals surface area (Å²) in [5, 5.41) is 3.23. The molecular weight excluding hydrogens is 451 g/mol. The van der Waals surface area contributed by atoms with E-state index in [0.29, 0.717) is 42.4 Å². The zero-order valence-electron chi connectivity index (χ0n) is 16.3. The van der Waals surface area contributed by atoms with Crippen LogP contribution in [0.25, 0.3) is 0 Å². The predicted molar refractivity (Wildman–Crippen MR) is 115 cm³/mol. The zero-order valence-corrected chi connectivity index (χ0v) is 17.9. The summed E-state index contributed by atoms with van der Waals surface area (Å²) in [5.41, 5.74) is 0.309. The molecule has 2 aliphatic heterocycles. The van der Waals surface area contributed by atoms with Crippen LogP contribution >= 0.6 is 23.4 Å². The van der Waals surface area contributed by atoms with Crippen LogP contribution in [-0.4, -0.2) is 40.6 Å². The van der Waals surface area contributed by atoms with Crippen LogP contribution in [0.3, 0.4) is 0 Å². The molecule has 2 aromatic rings. The number of piperidine rings is 1. The van der Waals surface area contributed by atoms with Crippen LogP contribution in [0, 0.1) is 0 Å². The van der Waals surface area contributed by atoms with Crippen molar-refractivity contribution in [2.45, 2.75) is 23.9 Å². The largest absolute Gasteiger partial charge is 0.416 e. The number of carbonyl (C=O) groups is 2. The maximum absolute atomic E-state index is 12.7. The quantitative estimate of drug-likeness (QED) is 0.635. The summed E-state index contributed by atoms with van der Waals surface area (Å²) < 4.78 is 38.1. The first-order valence-corrected chi connectivity index (χ1v) is 11.0. The van der Waals surface area contributed by atoms with Gasteiger partial charge in [0.05, 0.1) is 16.2 Å². The van der Waals surface area contributed by atoms with Crippen molar-refractivity contribution in [3.63, 3.8) is 0 Å². The summed E-state index contributed by atoms with van der Waals surface area (Å²) in [6, 6.07) is 11.1. The molecule has 2 saturated heterocycles. The molecule has 0 unspecified atom stereocenters. The van der Waals surface area contributed by atoms with Crippen molar-refractivity contribution >= 4 is 46.7 Å². The van der Waals surface area contributed by atoms with Gasteiger partial charge >= 0.3 is 12.2 Å². The molecule has 31 heavy (non-hydrogen) atoms. The normalized spacial score (nSPS) is 18.5. The van der Waals surface area contributed by atoms with Gasteiger partial charge in [-0.25, -0.2) is 4.79 Å². The number of nitrogens with one attached hydrogen (secondary N) is 1. The van der Waals surface area contributed by atoms with Gasteiger partial charge < -0.3 is 10.2 Å². The minimum atomic E-state index is -4.42. The second-order valence-electron chi connectivity index (χ2n) is 7.43. The van der Waals surface area contributed by atoms with Crippen LogP contribution in [0.2, 0.25) is 5.02 Å². The third-order valence-electron chi connectivity index (χ3n) is 5.50. The number of rotatable bonds is 2. The fourth-order valence-corrected chi connectivity index (χ4v) is 5.35. The fourth-order valence-electron chi connectivity index (χ4n) is 3.89. The van der Waals surface area contributed by atoms with Crippen molar-refractivity contribution in [3.8, 4) is 0 Å². The topological polar surface area (TPSA) is 52.7 Å². The number of hydrogen-bond acceptors (Lipinski definition) is 3. The summed E-state index contributed by atoms with van der Waals surface area (Å²) in [5.74, 6) is 0.399. The van der Waals surface area contributed by atoms with Gasteiger partial charge in [-0.05, 0) is 61.4 Å². The van der Waals surface area contributed by atoms with Crippen molar-refractivity contribution in [2.24, 2.45) is 0 Å². The van der Waals surface area contributed by atoms with Gasteiger partial charge in [-0.15, -0.1) is 11.8 Å². The van der Waals surface area contributed by atoms with Gasteiger partial charge in [-0.2, -0.15) is 13.2 Å². The van der Waals surface area contributed by atoms with Gasteiger partial charge in [0.1, 0.15) is 0 Å². The third-order valence-corrected chi connectivity index (χ3v) is 7.27. The molecular formula is C21H19ClF3N3O2S. The maximum Gasteiger partial charge on any atom is 0.416 e. The molecule has 2 aromatic carbocycles. The molecule has 0 radical (unpaired) electrons. The number of halogens is 4. The molecule has 1 N–H and O–H groups in total. The fraction of sp³-hybridized carbons (Fsp3) is 0.333. The zero-order chi connectivity index (χ0) is 22.2. The minimum absolute atomic E-state index is 0.0231. The molecule has 3 amide bonds. The first kappa shape index (κ1) is 21.8. The highest BCUT2D eigenvalue weighted by molar-refractivity contribution is 8.02. The van der Waals surface area contributed by atoms with Crippen LogP contribution < -0.4 is 10.2 Å². The predicted octanol–water partition coefficient (Wildman–Crippen LogP) is 5.46. The molecule has 2 heterocycles. The SMILES string of the molecule is O=C(Nc1ccc(C(F)(F)F)cc1)N1CCC2(CC1)SCC(=O)N2c1ccc(Cl)cc1. The highest BCUT2D eigenvalue weighted by Crippen LogP contribution is 2.47. The minimum Gasteiger partial charge on any atom is -0.324 e. The van der Waals surface area contributed by atoms with Crippen LogP contribution in [0.4, 0.5) is 29.3 Å². The van der Waals surface area contributed by atoms with Gasteiger partial charge in [-0.1, -0.05) is 11.6 Å². The molecule has 0 bridgehead atoms. The molecule has 2 aliphatic rings. The standard InChI is InChI=1S/C21H19ClF3N3O2S/c22-15-3-7-17(8-4-15)28-18(29)13-31-20(28)9-11-27(12-10-20)19(30)26-16-5-1-14(2-6-16)21(23,24)25/h1-8H,9-13H2,(H,26,30). The van der Waals surface area contributed by atoms with Gasteiger partial charge in [-0.3, -0.25) is 9.69 Å². The maximum atomic E-state index is 12.7. The van der Waals surface area contributed by atoms with Gasteiger partial charge in [0.15, 0.2) is 0 Å². The van der Waals surface area contributed by atoms with Gasteiger partial charge in [0.2, 0.25) is 5.91 Å². The highest BCUT2D eigenvalue weighted by atomic mass is 35.5. The summed E-state index contributed by atoms with van der Waals surface area (Å²) >= 11 is 7.55. The van der Waals surface area contributed by atoms with E-state index in [9.17, 15) is 22.8 Å². The lowest BCUT2D eigenvalue weighted by atomic mass is 10.0. The number of carbonyl (C=O) groups excluding carboxylic acids is 2. The Morgan fingerprint density at radius 2 is 1.65 bits per heavy atom. The summed E-state index contributed by atoms with van der Waals surface area (Å²) in [7, 11) is 0. The Kier molecular flexibility index (Phi) is 5.83. The Hall–Kier alpha value is -2.39. The van der Waals surface area contributed by atoms with E-state index in [1.165, 1.54) is 12.1 Å². The summed E-state index contributed by atoms with van der Waals surface area (Å²) in [6.45, 7) is 0.855. The number of likely N-dealkylation sites (tertiary alicyclic amines) is 1. The molecule has 1 spiro atoms. The molecule has 164 valence electrons. The Morgan fingerprint density at radius 3 is 2.23 bits per heavy atom. The van der Waals surface area contributed by atoms with E-state index in [1.807, 2.05) is 12.1 Å². The molecule has 5 nitrogen and oxygen atoms in total. The van der Waals surface area contributed by atoms with E-state index in [2.05, 4.69) is 5.32 Å². The molecule has 0 aromatic heterocycles. The van der Waals surface area contributed by atoms with Gasteiger partial charge in [0.25, 0.3) is 0 Å². The number of amides is 3. The Bertz CT molecular complexity index is 975. The van der Waals surface area contributed by atoms with Crippen LogP contribution in [-0.2, 0) is 11.0 Å². The molecule has 0 saturated carbocycles. The Labute approximate surface area is 186 Å². The molecule has 0 atom stereocenters. The van der Waals surface area contributed by atoms with Crippen LogP contribution in [0.5, 0.6) is 0 Å². The first-order valence-electron chi connectivity index (χ1n) is 9.64. The van der Waals surface area contributed by atoms with E-state index in [0.717, 1.165) is 17.8 Å². The van der Waals surface area contributed by atoms with Gasteiger partial charge in [0, 0.05) is 29.5 Å². The number of thioether (sulfide) groups is 1. The Morgan fingerprint density at radius 1 is 1.03 bits per heavy atom. The van der Waals surface area contributed by atoms with Crippen LogP contribution in [0.15, 0.2) is 48.5 Å². The average Bonchev–Trinajstić information content (AvgIpc) is 3.04. The number of urea groups is 1. The van der Waals surface area contributed by atoms with Crippen molar-refractivity contribution in [1.29, 1.82) is 0 Å². The van der Waals surface area contributed by atoms with Crippen molar-refractivity contribution in [3.05, 3.63) is 59.1 Å². The molecule has 0 aliphatic carbocycles. The summed E-state index contributed by atoms with van der Waals surface area (Å²) in [4.78, 5) is 28.2. The number of anilines is 2. The number of hydrogen-bond donors (Lipinski definition) is 1. The number of benzene rings is 2. The lowest BCUT2D eigenvalue weighted by Gasteiger charge is -2.43. The van der Waals surface area contributed by atoms with Crippen molar-refractivity contribution in [2.75, 3.05) is 29.1 Å². The molecule has 2 fully saturated rings. The van der Waals surface area contributed by atoms with Crippen molar-refractivity contribution in [1.82, 2.24) is 4.90 Å². The lowest BCUT2D eigenvalue weighted by Crippen LogP contribution is -2.53.